The number of hydrogen-bond acceptors (Lipinski definition) is 6. The van der Waals surface area contributed by atoms with E-state index in [1.165, 1.54) is 0 Å². The Labute approximate surface area is 210 Å². The molecule has 8 nitrogen and oxygen atoms in total. The Hall–Kier alpha value is -4.08. The minimum absolute atomic E-state index is 0.170. The van der Waals surface area contributed by atoms with Gasteiger partial charge in [-0.2, -0.15) is 0 Å². The van der Waals surface area contributed by atoms with Crippen molar-refractivity contribution in [3.63, 3.8) is 0 Å². The number of nitrogens with zero attached hydrogens (tertiary/aromatic N) is 2. The molecule has 9 heteroatoms. The van der Waals surface area contributed by atoms with Crippen molar-refractivity contribution in [2.24, 2.45) is 0 Å². The highest BCUT2D eigenvalue weighted by molar-refractivity contribution is 7.89. The molecule has 0 aliphatic carbocycles. The van der Waals surface area contributed by atoms with E-state index < -0.39 is 10.0 Å². The minimum atomic E-state index is -3.59. The van der Waals surface area contributed by atoms with Gasteiger partial charge < -0.3 is 10.6 Å². The van der Waals surface area contributed by atoms with E-state index >= 15 is 0 Å². The van der Waals surface area contributed by atoms with Gasteiger partial charge in [-0.1, -0.05) is 54.6 Å². The molecule has 0 fully saturated rings. The first-order valence-corrected chi connectivity index (χ1v) is 12.9. The quantitative estimate of drug-likeness (QED) is 0.305. The molecular formula is C27H27N5O3S. The van der Waals surface area contributed by atoms with Crippen LogP contribution >= 0.6 is 0 Å². The summed E-state index contributed by atoms with van der Waals surface area (Å²) in [5, 5.41) is 6.04. The number of anilines is 1. The Balaban J connectivity index is 1.25. The normalized spacial score (nSPS) is 11.1. The first-order chi connectivity index (χ1) is 17.4. The highest BCUT2D eigenvalue weighted by atomic mass is 32.2. The van der Waals surface area contributed by atoms with Crippen LogP contribution in [0.5, 0.6) is 0 Å². The van der Waals surface area contributed by atoms with Crippen LogP contribution in [0.1, 0.15) is 32.6 Å². The second kappa shape index (κ2) is 11.6. The molecule has 36 heavy (non-hydrogen) atoms. The molecule has 0 aliphatic rings. The number of carbonyl (C=O) groups is 1. The van der Waals surface area contributed by atoms with Crippen LogP contribution in [0.3, 0.4) is 0 Å². The summed E-state index contributed by atoms with van der Waals surface area (Å²) in [5.41, 5.74) is 4.01. The lowest BCUT2D eigenvalue weighted by molar-refractivity contribution is 0.0951. The third-order valence-electron chi connectivity index (χ3n) is 5.56. The van der Waals surface area contributed by atoms with Crippen molar-refractivity contribution in [1.29, 1.82) is 0 Å². The Bertz CT molecular complexity index is 1410. The van der Waals surface area contributed by atoms with Crippen molar-refractivity contribution in [3.8, 4) is 0 Å². The summed E-state index contributed by atoms with van der Waals surface area (Å²) in [6.45, 7) is 2.87. The number of hydrogen-bond donors (Lipinski definition) is 3. The van der Waals surface area contributed by atoms with Gasteiger partial charge in [-0.25, -0.2) is 23.1 Å². The van der Waals surface area contributed by atoms with Gasteiger partial charge in [0.1, 0.15) is 0 Å². The average Bonchev–Trinajstić information content (AvgIpc) is 2.91. The van der Waals surface area contributed by atoms with Crippen LogP contribution in [-0.2, 0) is 29.7 Å². The molecule has 3 aromatic carbocycles. The van der Waals surface area contributed by atoms with Gasteiger partial charge in [-0.05, 0) is 53.4 Å². The van der Waals surface area contributed by atoms with Crippen molar-refractivity contribution in [2.75, 3.05) is 5.32 Å². The number of nitrogens with one attached hydrogen (secondary N) is 3. The number of amides is 1. The Morgan fingerprint density at radius 3 is 2.00 bits per heavy atom. The smallest absolute Gasteiger partial charge is 0.251 e. The molecule has 1 heterocycles. The summed E-state index contributed by atoms with van der Waals surface area (Å²) in [6, 6.07) is 23.4. The van der Waals surface area contributed by atoms with Crippen LogP contribution in [0, 0.1) is 6.92 Å². The summed E-state index contributed by atoms with van der Waals surface area (Å²) < 4.78 is 27.8. The number of aromatic nitrogens is 2. The molecule has 4 rings (SSSR count). The first-order valence-electron chi connectivity index (χ1n) is 11.4. The fourth-order valence-corrected chi connectivity index (χ4v) is 4.78. The molecule has 3 N–H and O–H groups in total. The van der Waals surface area contributed by atoms with Gasteiger partial charge in [0.05, 0.1) is 4.90 Å². The summed E-state index contributed by atoms with van der Waals surface area (Å²) in [4.78, 5) is 21.0. The van der Waals surface area contributed by atoms with E-state index in [1.54, 1.807) is 61.8 Å². The molecule has 0 unspecified atom stereocenters. The molecule has 0 atom stereocenters. The van der Waals surface area contributed by atoms with Gasteiger partial charge in [0.15, 0.2) is 0 Å². The van der Waals surface area contributed by atoms with Gasteiger partial charge in [-0.3, -0.25) is 4.79 Å². The molecule has 0 radical (unpaired) electrons. The molecule has 184 valence electrons. The van der Waals surface area contributed by atoms with Gasteiger partial charge in [0.25, 0.3) is 5.91 Å². The third-order valence-corrected chi connectivity index (χ3v) is 7.12. The molecule has 0 saturated carbocycles. The number of sulfonamides is 1. The lowest BCUT2D eigenvalue weighted by atomic mass is 10.1. The molecule has 0 aliphatic heterocycles. The van der Waals surface area contributed by atoms with Gasteiger partial charge in [-0.15, -0.1) is 0 Å². The highest BCUT2D eigenvalue weighted by Gasteiger charge is 2.15. The SMILES string of the molecule is Cc1ccccc1S(=O)(=O)NCc1ccc(CNC(=O)c2ccc(CNc3ncccn3)cc2)cc1. The maximum atomic E-state index is 12.6. The number of carbonyl (C=O) groups excluding carboxylic acids is 1. The van der Waals surface area contributed by atoms with Crippen LogP contribution in [-0.4, -0.2) is 24.3 Å². The zero-order chi connectivity index (χ0) is 25.4. The highest BCUT2D eigenvalue weighted by Crippen LogP contribution is 2.15. The second-order valence-electron chi connectivity index (χ2n) is 8.21. The van der Waals surface area contributed by atoms with Gasteiger partial charge >= 0.3 is 0 Å². The lowest BCUT2D eigenvalue weighted by Crippen LogP contribution is -2.24. The van der Waals surface area contributed by atoms with E-state index in [4.69, 9.17) is 0 Å². The van der Waals surface area contributed by atoms with E-state index in [2.05, 4.69) is 25.3 Å². The van der Waals surface area contributed by atoms with Gasteiger partial charge in [0.2, 0.25) is 16.0 Å². The Kier molecular flexibility index (Phi) is 8.04. The lowest BCUT2D eigenvalue weighted by Gasteiger charge is -2.10. The van der Waals surface area contributed by atoms with Crippen LogP contribution in [0.2, 0.25) is 0 Å². The van der Waals surface area contributed by atoms with Crippen LogP contribution < -0.4 is 15.4 Å². The summed E-state index contributed by atoms with van der Waals surface area (Å²) in [6.07, 6.45) is 3.34. The topological polar surface area (TPSA) is 113 Å². The molecule has 0 bridgehead atoms. The van der Waals surface area contributed by atoms with E-state index in [9.17, 15) is 13.2 Å². The van der Waals surface area contributed by atoms with Crippen molar-refractivity contribution in [2.45, 2.75) is 31.5 Å². The molecular weight excluding hydrogens is 474 g/mol. The summed E-state index contributed by atoms with van der Waals surface area (Å²) in [5.74, 6) is 0.380. The second-order valence-corrected chi connectivity index (χ2v) is 9.95. The molecule has 1 amide bonds. The average molecular weight is 502 g/mol. The van der Waals surface area contributed by atoms with Crippen molar-refractivity contribution in [3.05, 3.63) is 119 Å². The zero-order valence-corrected chi connectivity index (χ0v) is 20.6. The summed E-state index contributed by atoms with van der Waals surface area (Å²) >= 11 is 0. The predicted octanol–water partition coefficient (Wildman–Crippen LogP) is 3.81. The van der Waals surface area contributed by atoms with Crippen LogP contribution in [0.25, 0.3) is 0 Å². The van der Waals surface area contributed by atoms with E-state index in [0.717, 1.165) is 16.7 Å². The van der Waals surface area contributed by atoms with Gasteiger partial charge in [0, 0.05) is 37.6 Å². The van der Waals surface area contributed by atoms with E-state index in [1.807, 2.05) is 36.4 Å². The molecule has 0 saturated heterocycles. The minimum Gasteiger partial charge on any atom is -0.350 e. The van der Waals surface area contributed by atoms with Crippen molar-refractivity contribution < 1.29 is 13.2 Å². The Morgan fingerprint density at radius 2 is 1.33 bits per heavy atom. The van der Waals surface area contributed by atoms with E-state index in [-0.39, 0.29) is 17.3 Å². The maximum absolute atomic E-state index is 12.6. The zero-order valence-electron chi connectivity index (χ0n) is 19.8. The van der Waals surface area contributed by atoms with Crippen molar-refractivity contribution >= 4 is 21.9 Å². The van der Waals surface area contributed by atoms with Crippen molar-refractivity contribution in [1.82, 2.24) is 20.0 Å². The number of benzene rings is 3. The van der Waals surface area contributed by atoms with Crippen LogP contribution in [0.15, 0.2) is 96.2 Å². The summed E-state index contributed by atoms with van der Waals surface area (Å²) in [7, 11) is -3.59. The molecule has 0 spiro atoms. The number of aryl methyl sites for hydroxylation is 1. The maximum Gasteiger partial charge on any atom is 0.251 e. The fourth-order valence-electron chi connectivity index (χ4n) is 3.52. The van der Waals surface area contributed by atoms with E-state index in [0.29, 0.717) is 30.2 Å². The predicted molar refractivity (Wildman–Crippen MR) is 139 cm³/mol. The fraction of sp³-hybridized carbons (Fsp3) is 0.148. The first kappa shape index (κ1) is 25.0. The molecule has 4 aromatic rings. The van der Waals surface area contributed by atoms with Crippen LogP contribution in [0.4, 0.5) is 5.95 Å². The largest absolute Gasteiger partial charge is 0.350 e. The molecule has 1 aromatic heterocycles. The monoisotopic (exact) mass is 501 g/mol. The Morgan fingerprint density at radius 1 is 0.750 bits per heavy atom. The number of rotatable bonds is 10. The third kappa shape index (κ3) is 6.74. The standard InChI is InChI=1S/C27H27N5O3S/c1-20-5-2-3-6-25(20)36(34,35)32-19-23-9-7-21(8-10-23)17-30-26(33)24-13-11-22(12-14-24)18-31-27-28-15-4-16-29-27/h2-16,32H,17-19H2,1H3,(H,30,33)(H,28,29,31).